The molecule has 0 fully saturated rings. The third-order valence-electron chi connectivity index (χ3n) is 4.63. The number of H-pyrrole nitrogens is 1. The minimum Gasteiger partial charge on any atom is -0.493 e. The van der Waals surface area contributed by atoms with Crippen LogP contribution in [-0.4, -0.2) is 28.8 Å². The van der Waals surface area contributed by atoms with E-state index < -0.39 is 0 Å². The molecule has 0 saturated heterocycles. The van der Waals surface area contributed by atoms with Crippen molar-refractivity contribution in [1.82, 2.24) is 14.6 Å². The number of aromatic amines is 1. The van der Waals surface area contributed by atoms with E-state index in [9.17, 15) is 4.79 Å². The highest BCUT2D eigenvalue weighted by molar-refractivity contribution is 5.78. The summed E-state index contributed by atoms with van der Waals surface area (Å²) in [6, 6.07) is 5.69. The van der Waals surface area contributed by atoms with Crippen molar-refractivity contribution in [2.75, 3.05) is 14.2 Å². The third-order valence-corrected chi connectivity index (χ3v) is 4.63. The van der Waals surface area contributed by atoms with Crippen molar-refractivity contribution in [1.29, 1.82) is 0 Å². The van der Waals surface area contributed by atoms with Gasteiger partial charge in [0.15, 0.2) is 17.1 Å². The van der Waals surface area contributed by atoms with E-state index >= 15 is 0 Å². The van der Waals surface area contributed by atoms with Crippen molar-refractivity contribution in [3.63, 3.8) is 0 Å². The van der Waals surface area contributed by atoms with E-state index in [4.69, 9.17) is 14.5 Å². The summed E-state index contributed by atoms with van der Waals surface area (Å²) in [7, 11) is 3.21. The van der Waals surface area contributed by atoms with Gasteiger partial charge >= 0.3 is 0 Å². The van der Waals surface area contributed by atoms with Crippen LogP contribution in [0.5, 0.6) is 11.5 Å². The molecule has 24 heavy (non-hydrogen) atoms. The molecule has 124 valence electrons. The maximum absolute atomic E-state index is 12.7. The molecule has 0 amide bonds. The highest BCUT2D eigenvalue weighted by Gasteiger charge is 2.19. The zero-order chi connectivity index (χ0) is 16.7. The van der Waals surface area contributed by atoms with Crippen molar-refractivity contribution in [3.8, 4) is 22.6 Å². The zero-order valence-corrected chi connectivity index (χ0v) is 13.8. The van der Waals surface area contributed by atoms with Gasteiger partial charge < -0.3 is 9.47 Å². The Hall–Kier alpha value is -2.76. The number of nitrogens with zero attached hydrogens (tertiary/aromatic N) is 2. The van der Waals surface area contributed by atoms with Crippen LogP contribution in [-0.2, 0) is 12.8 Å². The molecule has 2 heterocycles. The molecule has 0 atom stereocenters. The van der Waals surface area contributed by atoms with Crippen LogP contribution in [0.4, 0.5) is 0 Å². The number of aromatic nitrogens is 3. The number of benzene rings is 1. The number of methoxy groups -OCH3 is 2. The molecule has 1 aliphatic rings. The molecule has 1 N–H and O–H groups in total. The van der Waals surface area contributed by atoms with E-state index in [0.29, 0.717) is 17.1 Å². The quantitative estimate of drug-likeness (QED) is 0.803. The van der Waals surface area contributed by atoms with Crippen molar-refractivity contribution in [3.05, 3.63) is 46.0 Å². The number of fused-ring (bicyclic) bond motifs is 2. The van der Waals surface area contributed by atoms with Crippen molar-refractivity contribution >= 4 is 5.65 Å². The predicted molar refractivity (Wildman–Crippen MR) is 91.0 cm³/mol. The lowest BCUT2D eigenvalue weighted by Crippen LogP contribution is -2.24. The van der Waals surface area contributed by atoms with E-state index in [1.807, 2.05) is 24.4 Å². The minimum atomic E-state index is 0.0152. The van der Waals surface area contributed by atoms with Crippen LogP contribution in [0.3, 0.4) is 0 Å². The van der Waals surface area contributed by atoms with Crippen LogP contribution in [0.2, 0.25) is 0 Å². The molecule has 3 aromatic rings. The summed E-state index contributed by atoms with van der Waals surface area (Å²) >= 11 is 0. The molecule has 1 aliphatic carbocycles. The Labute approximate surface area is 139 Å². The van der Waals surface area contributed by atoms with Gasteiger partial charge in [0, 0.05) is 17.3 Å². The Morgan fingerprint density at radius 3 is 2.71 bits per heavy atom. The molecule has 0 radical (unpaired) electrons. The van der Waals surface area contributed by atoms with E-state index in [0.717, 1.165) is 48.1 Å². The van der Waals surface area contributed by atoms with Gasteiger partial charge in [-0.25, -0.2) is 9.50 Å². The average Bonchev–Trinajstić information content (AvgIpc) is 3.05. The second kappa shape index (κ2) is 5.70. The van der Waals surface area contributed by atoms with Crippen LogP contribution in [0.1, 0.15) is 24.1 Å². The zero-order valence-electron chi connectivity index (χ0n) is 13.8. The van der Waals surface area contributed by atoms with Crippen LogP contribution in [0.15, 0.2) is 29.2 Å². The summed E-state index contributed by atoms with van der Waals surface area (Å²) in [6.45, 7) is 0. The topological polar surface area (TPSA) is 68.6 Å². The minimum absolute atomic E-state index is 0.0152. The smallest absolute Gasteiger partial charge is 0.276 e. The maximum Gasteiger partial charge on any atom is 0.276 e. The van der Waals surface area contributed by atoms with Gasteiger partial charge in [0.05, 0.1) is 19.9 Å². The Bertz CT molecular complexity index is 972. The Morgan fingerprint density at radius 1 is 1.12 bits per heavy atom. The average molecular weight is 325 g/mol. The molecular formula is C18H19N3O3. The molecular weight excluding hydrogens is 306 g/mol. The Kier molecular flexibility index (Phi) is 3.52. The molecule has 6 nitrogen and oxygen atoms in total. The Morgan fingerprint density at radius 2 is 1.92 bits per heavy atom. The maximum atomic E-state index is 12.7. The highest BCUT2D eigenvalue weighted by atomic mass is 16.5. The van der Waals surface area contributed by atoms with Crippen molar-refractivity contribution < 1.29 is 9.47 Å². The normalized spacial score (nSPS) is 13.8. The SMILES string of the molecule is COc1ccc(-c2c[nH]n3c(=O)c4c(nc23)CCCC4)cc1OC. The summed E-state index contributed by atoms with van der Waals surface area (Å²) in [5.41, 5.74) is 4.26. The van der Waals surface area contributed by atoms with Gasteiger partial charge in [-0.15, -0.1) is 0 Å². The number of rotatable bonds is 3. The van der Waals surface area contributed by atoms with E-state index in [-0.39, 0.29) is 5.56 Å². The molecule has 2 aromatic heterocycles. The van der Waals surface area contributed by atoms with Crippen molar-refractivity contribution in [2.24, 2.45) is 0 Å². The van der Waals surface area contributed by atoms with Crippen molar-refractivity contribution in [2.45, 2.75) is 25.7 Å². The van der Waals surface area contributed by atoms with E-state index in [2.05, 4.69) is 5.10 Å². The summed E-state index contributed by atoms with van der Waals surface area (Å²) in [5.74, 6) is 1.32. The lowest BCUT2D eigenvalue weighted by molar-refractivity contribution is 0.355. The molecule has 1 aromatic carbocycles. The second-order valence-electron chi connectivity index (χ2n) is 5.97. The second-order valence-corrected chi connectivity index (χ2v) is 5.97. The third kappa shape index (κ3) is 2.18. The fourth-order valence-corrected chi connectivity index (χ4v) is 3.36. The van der Waals surface area contributed by atoms with Gasteiger partial charge in [-0.3, -0.25) is 9.89 Å². The number of hydrogen-bond donors (Lipinski definition) is 1. The molecule has 0 aliphatic heterocycles. The molecule has 6 heteroatoms. The largest absolute Gasteiger partial charge is 0.493 e. The lowest BCUT2D eigenvalue weighted by Gasteiger charge is -2.14. The number of hydrogen-bond acceptors (Lipinski definition) is 4. The number of ether oxygens (including phenoxy) is 2. The van der Waals surface area contributed by atoms with Gasteiger partial charge in [-0.05, 0) is 43.4 Å². The monoisotopic (exact) mass is 325 g/mol. The van der Waals surface area contributed by atoms with Gasteiger partial charge in [-0.1, -0.05) is 6.07 Å². The standard InChI is InChI=1S/C18H19N3O3/c1-23-15-8-7-11(9-16(15)24-2)13-10-19-21-17(13)20-14-6-4-3-5-12(14)18(21)22/h7-10,19H,3-6H2,1-2H3. The van der Waals surface area contributed by atoms with Gasteiger partial charge in [0.25, 0.3) is 5.56 Å². The lowest BCUT2D eigenvalue weighted by atomic mass is 9.97. The fourth-order valence-electron chi connectivity index (χ4n) is 3.36. The summed E-state index contributed by atoms with van der Waals surface area (Å²) < 4.78 is 12.2. The first-order valence-corrected chi connectivity index (χ1v) is 8.07. The first kappa shape index (κ1) is 14.8. The van der Waals surface area contributed by atoms with Crippen LogP contribution >= 0.6 is 0 Å². The number of nitrogens with one attached hydrogen (secondary N) is 1. The van der Waals surface area contributed by atoms with Crippen LogP contribution in [0.25, 0.3) is 16.8 Å². The molecule has 4 rings (SSSR count). The molecule has 0 bridgehead atoms. The molecule has 0 saturated carbocycles. The van der Waals surface area contributed by atoms with Gasteiger partial charge in [0.1, 0.15) is 0 Å². The van der Waals surface area contributed by atoms with Crippen LogP contribution < -0.4 is 15.0 Å². The van der Waals surface area contributed by atoms with Crippen LogP contribution in [0, 0.1) is 0 Å². The fraction of sp³-hybridized carbons (Fsp3) is 0.333. The van der Waals surface area contributed by atoms with E-state index in [1.165, 1.54) is 4.52 Å². The first-order valence-electron chi connectivity index (χ1n) is 8.07. The van der Waals surface area contributed by atoms with Gasteiger partial charge in [0.2, 0.25) is 0 Å². The molecule has 0 spiro atoms. The van der Waals surface area contributed by atoms with Gasteiger partial charge in [-0.2, -0.15) is 0 Å². The highest BCUT2D eigenvalue weighted by Crippen LogP contribution is 2.33. The van der Waals surface area contributed by atoms with E-state index in [1.54, 1.807) is 14.2 Å². The summed E-state index contributed by atoms with van der Waals surface area (Å²) in [6.07, 6.45) is 5.65. The summed E-state index contributed by atoms with van der Waals surface area (Å²) in [5, 5.41) is 3.04. The Balaban J connectivity index is 1.92. The predicted octanol–water partition coefficient (Wildman–Crippen LogP) is 2.59. The molecule has 0 unspecified atom stereocenters. The summed E-state index contributed by atoms with van der Waals surface area (Å²) in [4.78, 5) is 17.5. The first-order chi connectivity index (χ1) is 11.7. The number of aryl methyl sites for hydroxylation is 1.